The van der Waals surface area contributed by atoms with Crippen LogP contribution in [0.25, 0.3) is 11.1 Å². The fourth-order valence-electron chi connectivity index (χ4n) is 3.80. The van der Waals surface area contributed by atoms with Gasteiger partial charge < -0.3 is 15.0 Å². The van der Waals surface area contributed by atoms with Crippen LogP contribution in [0.3, 0.4) is 0 Å². The minimum atomic E-state index is -0.651. The second-order valence-corrected chi connectivity index (χ2v) is 7.81. The lowest BCUT2D eigenvalue weighted by molar-refractivity contribution is -0.122. The largest absolute Gasteiger partial charge is 0.481 e. The smallest absolute Gasteiger partial charge is 0.244 e. The first-order valence-electron chi connectivity index (χ1n) is 9.87. The quantitative estimate of drug-likeness (QED) is 0.633. The van der Waals surface area contributed by atoms with E-state index in [4.69, 9.17) is 16.3 Å². The van der Waals surface area contributed by atoms with Crippen LogP contribution in [0.4, 0.5) is 15.8 Å². The summed E-state index contributed by atoms with van der Waals surface area (Å²) < 4.78 is 19.1. The molecule has 0 aliphatic carbocycles. The Morgan fingerprint density at radius 3 is 2.81 bits per heavy atom. The van der Waals surface area contributed by atoms with Crippen molar-refractivity contribution in [2.24, 2.45) is 0 Å². The maximum Gasteiger partial charge on any atom is 0.244 e. The lowest BCUT2D eigenvalue weighted by Gasteiger charge is -2.25. The summed E-state index contributed by atoms with van der Waals surface area (Å²) in [6.45, 7) is 3.27. The van der Waals surface area contributed by atoms with Gasteiger partial charge in [0.25, 0.3) is 0 Å². The van der Waals surface area contributed by atoms with Crippen molar-refractivity contribution in [3.8, 4) is 17.0 Å². The van der Waals surface area contributed by atoms with Crippen LogP contribution < -0.4 is 15.0 Å². The number of carbonyl (C=O) groups excluding carboxylic acids is 2. The number of pyridine rings is 2. The summed E-state index contributed by atoms with van der Waals surface area (Å²) in [6, 6.07) is 9.26. The Labute approximate surface area is 189 Å². The van der Waals surface area contributed by atoms with Gasteiger partial charge in [-0.1, -0.05) is 17.7 Å². The summed E-state index contributed by atoms with van der Waals surface area (Å²) in [7, 11) is 1.48. The second-order valence-electron chi connectivity index (χ2n) is 7.40. The second kappa shape index (κ2) is 8.55. The summed E-state index contributed by atoms with van der Waals surface area (Å²) in [5.41, 5.74) is 3.46. The molecule has 9 heteroatoms. The summed E-state index contributed by atoms with van der Waals surface area (Å²) in [4.78, 5) is 36.5. The Morgan fingerprint density at radius 2 is 2.09 bits per heavy atom. The van der Waals surface area contributed by atoms with Crippen molar-refractivity contribution < 1.29 is 18.7 Å². The monoisotopic (exact) mass is 454 g/mol. The fourth-order valence-corrected chi connectivity index (χ4v) is 3.92. The van der Waals surface area contributed by atoms with Crippen molar-refractivity contribution in [1.82, 2.24) is 9.97 Å². The number of aromatic nitrogens is 2. The van der Waals surface area contributed by atoms with E-state index in [2.05, 4.69) is 15.3 Å². The number of nitrogens with one attached hydrogen (secondary N) is 1. The Kier molecular flexibility index (Phi) is 5.80. The molecule has 2 amide bonds. The van der Waals surface area contributed by atoms with Crippen molar-refractivity contribution in [2.45, 2.75) is 19.8 Å². The van der Waals surface area contributed by atoms with Crippen molar-refractivity contribution in [3.05, 3.63) is 64.8 Å². The number of anilines is 2. The van der Waals surface area contributed by atoms with Crippen molar-refractivity contribution in [3.63, 3.8) is 0 Å². The van der Waals surface area contributed by atoms with Crippen LogP contribution in [0.1, 0.15) is 24.2 Å². The van der Waals surface area contributed by atoms with E-state index in [0.29, 0.717) is 28.5 Å². The van der Waals surface area contributed by atoms with Crippen LogP contribution in [0.15, 0.2) is 42.6 Å². The third-order valence-corrected chi connectivity index (χ3v) is 5.62. The van der Waals surface area contributed by atoms with Crippen LogP contribution in [0, 0.1) is 12.7 Å². The molecule has 32 heavy (non-hydrogen) atoms. The Balaban J connectivity index is 1.77. The number of nitrogens with zero attached hydrogens (tertiary/aromatic N) is 3. The first-order chi connectivity index (χ1) is 15.3. The molecule has 0 bridgehead atoms. The standard InChI is InChI=1S/C23H20ClFN4O3/c1-12-22-15(5-4-8-26-22)21-13(2)27-20(32-3)10-18(21)29(23(12)31)11-19(30)28-14-6-7-16(24)17(25)9-14/h4-10,12H,11H2,1-3H3,(H,28,30)/t12-/m0/s1. The predicted octanol–water partition coefficient (Wildman–Crippen LogP) is 4.34. The number of hydrogen-bond acceptors (Lipinski definition) is 5. The minimum absolute atomic E-state index is 0.0474. The minimum Gasteiger partial charge on any atom is -0.481 e. The molecule has 4 rings (SSSR count). The van der Waals surface area contributed by atoms with Crippen LogP contribution >= 0.6 is 11.6 Å². The SMILES string of the molecule is COc1cc2c(c(C)n1)-c1cccnc1[C@H](C)C(=O)N2CC(=O)Nc1ccc(Cl)c(F)c1. The molecule has 0 saturated carbocycles. The van der Waals surface area contributed by atoms with Crippen LogP contribution in [0.2, 0.25) is 5.02 Å². The molecule has 0 unspecified atom stereocenters. The Hall–Kier alpha value is -3.52. The molecule has 1 N–H and O–H groups in total. The molecular weight excluding hydrogens is 435 g/mol. The molecular formula is C23H20ClFN4O3. The molecule has 164 valence electrons. The molecule has 2 aromatic heterocycles. The number of halogens is 2. The van der Waals surface area contributed by atoms with Gasteiger partial charge in [0.15, 0.2) is 0 Å². The molecule has 1 atom stereocenters. The zero-order valence-corrected chi connectivity index (χ0v) is 18.4. The first kappa shape index (κ1) is 21.7. The number of carbonyl (C=O) groups is 2. The highest BCUT2D eigenvalue weighted by Crippen LogP contribution is 2.42. The van der Waals surface area contributed by atoms with Crippen molar-refractivity contribution >= 4 is 34.8 Å². The molecule has 0 fully saturated rings. The third kappa shape index (κ3) is 3.89. The highest BCUT2D eigenvalue weighted by Gasteiger charge is 2.35. The zero-order chi connectivity index (χ0) is 23.0. The number of benzene rings is 1. The lowest BCUT2D eigenvalue weighted by Crippen LogP contribution is -2.40. The molecule has 3 aromatic rings. The van der Waals surface area contributed by atoms with Gasteiger partial charge in [-0.2, -0.15) is 0 Å². The van der Waals surface area contributed by atoms with Gasteiger partial charge in [-0.05, 0) is 38.1 Å². The van der Waals surface area contributed by atoms with E-state index in [9.17, 15) is 14.0 Å². The molecule has 1 aromatic carbocycles. The van der Waals surface area contributed by atoms with Gasteiger partial charge >= 0.3 is 0 Å². The number of amides is 2. The van der Waals surface area contributed by atoms with Crippen molar-refractivity contribution in [2.75, 3.05) is 23.9 Å². The van der Waals surface area contributed by atoms with E-state index < -0.39 is 17.6 Å². The highest BCUT2D eigenvalue weighted by molar-refractivity contribution is 6.30. The Bertz CT molecular complexity index is 1230. The topological polar surface area (TPSA) is 84.4 Å². The van der Waals surface area contributed by atoms with E-state index in [1.165, 1.54) is 24.1 Å². The maximum atomic E-state index is 13.8. The first-order valence-corrected chi connectivity index (χ1v) is 10.2. The number of aryl methyl sites for hydroxylation is 1. The molecule has 7 nitrogen and oxygen atoms in total. The van der Waals surface area contributed by atoms with Gasteiger partial charge in [0.1, 0.15) is 12.4 Å². The van der Waals surface area contributed by atoms with Gasteiger partial charge in [0.2, 0.25) is 17.7 Å². The Morgan fingerprint density at radius 1 is 1.31 bits per heavy atom. The van der Waals surface area contributed by atoms with Crippen LogP contribution in [0.5, 0.6) is 5.88 Å². The normalized spacial score (nSPS) is 15.0. The van der Waals surface area contributed by atoms with Gasteiger partial charge in [-0.15, -0.1) is 0 Å². The number of ether oxygens (including phenoxy) is 1. The number of fused-ring (bicyclic) bond motifs is 3. The maximum absolute atomic E-state index is 13.8. The predicted molar refractivity (Wildman–Crippen MR) is 120 cm³/mol. The number of hydrogen-bond donors (Lipinski definition) is 1. The fraction of sp³-hybridized carbons (Fsp3) is 0.217. The van der Waals surface area contributed by atoms with Crippen LogP contribution in [-0.4, -0.2) is 35.4 Å². The molecule has 0 spiro atoms. The van der Waals surface area contributed by atoms with Gasteiger partial charge in [-0.3, -0.25) is 14.6 Å². The lowest BCUT2D eigenvalue weighted by atomic mass is 9.96. The molecule has 1 aliphatic heterocycles. The van der Waals surface area contributed by atoms with Crippen molar-refractivity contribution in [1.29, 1.82) is 0 Å². The van der Waals surface area contributed by atoms with E-state index in [1.54, 1.807) is 25.3 Å². The average molecular weight is 455 g/mol. The molecule has 1 aliphatic rings. The molecule has 0 saturated heterocycles. The van der Waals surface area contributed by atoms with Gasteiger partial charge in [0.05, 0.1) is 35.1 Å². The highest BCUT2D eigenvalue weighted by atomic mass is 35.5. The molecule has 0 radical (unpaired) electrons. The van der Waals surface area contributed by atoms with Gasteiger partial charge in [0, 0.05) is 29.1 Å². The summed E-state index contributed by atoms with van der Waals surface area (Å²) in [6.07, 6.45) is 1.63. The summed E-state index contributed by atoms with van der Waals surface area (Å²) >= 11 is 5.71. The summed E-state index contributed by atoms with van der Waals surface area (Å²) in [5.74, 6) is -1.72. The van der Waals surface area contributed by atoms with E-state index in [1.807, 2.05) is 13.0 Å². The summed E-state index contributed by atoms with van der Waals surface area (Å²) in [5, 5.41) is 2.57. The number of rotatable bonds is 4. The zero-order valence-electron chi connectivity index (χ0n) is 17.6. The van der Waals surface area contributed by atoms with E-state index in [0.717, 1.165) is 11.6 Å². The molecule has 3 heterocycles. The third-order valence-electron chi connectivity index (χ3n) is 5.32. The number of methoxy groups -OCH3 is 1. The van der Waals surface area contributed by atoms with Crippen LogP contribution in [-0.2, 0) is 9.59 Å². The van der Waals surface area contributed by atoms with Gasteiger partial charge in [-0.25, -0.2) is 9.37 Å². The average Bonchev–Trinajstić information content (AvgIpc) is 2.86. The van der Waals surface area contributed by atoms with E-state index in [-0.39, 0.29) is 23.2 Å². The van der Waals surface area contributed by atoms with E-state index >= 15 is 0 Å².